The first kappa shape index (κ1) is 15.6. The standard InChI is InChI=1S/C19H27NO3/c1-19(2)22-17-15-8-9-20(11-13-6-4-3-5-7-13)16(18(17)23-19)10-14(15)12-21/h3-7,14-18,21H,8-12H2,1-2H3/t14-,15+,16-,17+,18-/m1/s1. The van der Waals surface area contributed by atoms with E-state index in [1.165, 1.54) is 5.56 Å². The number of nitrogens with zero attached hydrogens (tertiary/aromatic N) is 1. The lowest BCUT2D eigenvalue weighted by Gasteiger charge is -2.41. The molecule has 126 valence electrons. The van der Waals surface area contributed by atoms with Crippen LogP contribution in [0.25, 0.3) is 0 Å². The molecule has 1 saturated carbocycles. The number of fused-ring (bicyclic) bond motifs is 3. The van der Waals surface area contributed by atoms with Gasteiger partial charge in [0.15, 0.2) is 5.79 Å². The average molecular weight is 317 g/mol. The van der Waals surface area contributed by atoms with Crippen LogP contribution < -0.4 is 0 Å². The Kier molecular flexibility index (Phi) is 3.96. The number of benzene rings is 1. The molecular weight excluding hydrogens is 290 g/mol. The lowest BCUT2D eigenvalue weighted by atomic mass is 9.74. The van der Waals surface area contributed by atoms with Crippen LogP contribution in [0.1, 0.15) is 32.3 Å². The topological polar surface area (TPSA) is 41.9 Å². The second-order valence-electron chi connectivity index (χ2n) is 7.72. The summed E-state index contributed by atoms with van der Waals surface area (Å²) in [4.78, 5) is 2.55. The Bertz CT molecular complexity index is 547. The average Bonchev–Trinajstić information content (AvgIpc) is 2.69. The van der Waals surface area contributed by atoms with Gasteiger partial charge in [-0.3, -0.25) is 4.90 Å². The number of hydrogen-bond acceptors (Lipinski definition) is 4. The van der Waals surface area contributed by atoms with Gasteiger partial charge in [0.2, 0.25) is 0 Å². The number of hydrogen-bond donors (Lipinski definition) is 1. The third-order valence-corrected chi connectivity index (χ3v) is 5.80. The van der Waals surface area contributed by atoms with Crippen LogP contribution in [-0.4, -0.2) is 47.2 Å². The first-order valence-corrected chi connectivity index (χ1v) is 8.82. The van der Waals surface area contributed by atoms with Crippen LogP contribution in [0.15, 0.2) is 30.3 Å². The Balaban J connectivity index is 1.61. The molecule has 3 saturated heterocycles. The molecule has 5 atom stereocenters. The van der Waals surface area contributed by atoms with Crippen molar-refractivity contribution in [3.8, 4) is 0 Å². The molecule has 3 aliphatic heterocycles. The molecule has 4 heteroatoms. The molecule has 3 heterocycles. The summed E-state index contributed by atoms with van der Waals surface area (Å²) in [6.45, 7) is 6.28. The van der Waals surface area contributed by atoms with E-state index in [9.17, 15) is 5.11 Å². The van der Waals surface area contributed by atoms with E-state index in [0.717, 1.165) is 25.9 Å². The summed E-state index contributed by atoms with van der Waals surface area (Å²) in [5, 5.41) is 9.85. The van der Waals surface area contributed by atoms with Crippen LogP contribution in [0.4, 0.5) is 0 Å². The summed E-state index contributed by atoms with van der Waals surface area (Å²) in [6.07, 6.45) is 2.34. The number of aliphatic hydroxyl groups is 1. The second-order valence-corrected chi connectivity index (χ2v) is 7.72. The van der Waals surface area contributed by atoms with Gasteiger partial charge in [-0.25, -0.2) is 0 Å². The quantitative estimate of drug-likeness (QED) is 0.929. The molecule has 0 spiro atoms. The molecule has 4 nitrogen and oxygen atoms in total. The first-order valence-electron chi connectivity index (χ1n) is 8.82. The molecule has 23 heavy (non-hydrogen) atoms. The van der Waals surface area contributed by atoms with Crippen molar-refractivity contribution in [2.75, 3.05) is 13.2 Å². The molecular formula is C19H27NO3. The highest BCUT2D eigenvalue weighted by atomic mass is 16.8. The molecule has 0 aromatic heterocycles. The van der Waals surface area contributed by atoms with E-state index in [1.54, 1.807) is 0 Å². The van der Waals surface area contributed by atoms with Gasteiger partial charge in [0, 0.05) is 19.2 Å². The minimum Gasteiger partial charge on any atom is -0.396 e. The zero-order chi connectivity index (χ0) is 16.0. The van der Waals surface area contributed by atoms with E-state index in [0.29, 0.717) is 17.9 Å². The molecule has 1 aliphatic carbocycles. The van der Waals surface area contributed by atoms with Gasteiger partial charge in [-0.05, 0) is 50.6 Å². The Morgan fingerprint density at radius 2 is 1.91 bits per heavy atom. The second kappa shape index (κ2) is 5.85. The monoisotopic (exact) mass is 317 g/mol. The van der Waals surface area contributed by atoms with Crippen molar-refractivity contribution in [2.24, 2.45) is 11.8 Å². The third-order valence-electron chi connectivity index (χ3n) is 5.80. The normalized spacial score (nSPS) is 39.2. The number of aliphatic hydroxyl groups excluding tert-OH is 1. The van der Waals surface area contributed by atoms with Crippen LogP contribution in [-0.2, 0) is 16.0 Å². The fourth-order valence-electron chi connectivity index (χ4n) is 4.79. The smallest absolute Gasteiger partial charge is 0.163 e. The highest BCUT2D eigenvalue weighted by Gasteiger charge is 2.56. The Hall–Kier alpha value is -0.940. The van der Waals surface area contributed by atoms with Crippen molar-refractivity contribution in [2.45, 2.75) is 57.3 Å². The zero-order valence-electron chi connectivity index (χ0n) is 14.0. The van der Waals surface area contributed by atoms with Gasteiger partial charge in [-0.15, -0.1) is 0 Å². The van der Waals surface area contributed by atoms with Crippen molar-refractivity contribution < 1.29 is 14.6 Å². The predicted octanol–water partition coefficient (Wildman–Crippen LogP) is 2.41. The van der Waals surface area contributed by atoms with Crippen molar-refractivity contribution >= 4 is 0 Å². The van der Waals surface area contributed by atoms with Crippen molar-refractivity contribution in [3.63, 3.8) is 0 Å². The minimum absolute atomic E-state index is 0.127. The summed E-state index contributed by atoms with van der Waals surface area (Å²) in [7, 11) is 0. The summed E-state index contributed by atoms with van der Waals surface area (Å²) in [5.74, 6) is 0.231. The van der Waals surface area contributed by atoms with Crippen LogP contribution >= 0.6 is 0 Å². The molecule has 4 fully saturated rings. The molecule has 0 amide bonds. The van der Waals surface area contributed by atoms with Gasteiger partial charge in [0.1, 0.15) is 6.10 Å². The molecule has 0 radical (unpaired) electrons. The fraction of sp³-hybridized carbons (Fsp3) is 0.684. The van der Waals surface area contributed by atoms with E-state index < -0.39 is 5.79 Å². The van der Waals surface area contributed by atoms with Crippen molar-refractivity contribution in [1.82, 2.24) is 4.90 Å². The van der Waals surface area contributed by atoms with Gasteiger partial charge < -0.3 is 14.6 Å². The van der Waals surface area contributed by atoms with Crippen LogP contribution in [0.3, 0.4) is 0 Å². The van der Waals surface area contributed by atoms with E-state index in [2.05, 4.69) is 35.2 Å². The summed E-state index contributed by atoms with van der Waals surface area (Å²) >= 11 is 0. The van der Waals surface area contributed by atoms with Crippen LogP contribution in [0.5, 0.6) is 0 Å². The highest BCUT2D eigenvalue weighted by Crippen LogP contribution is 2.47. The summed E-state index contributed by atoms with van der Waals surface area (Å²) < 4.78 is 12.5. The third kappa shape index (κ3) is 2.82. The number of ether oxygens (including phenoxy) is 2. The zero-order valence-corrected chi connectivity index (χ0v) is 14.0. The molecule has 2 bridgehead atoms. The lowest BCUT2D eigenvalue weighted by Crippen LogP contribution is -2.52. The van der Waals surface area contributed by atoms with Crippen LogP contribution in [0, 0.1) is 11.8 Å². The van der Waals surface area contributed by atoms with E-state index in [-0.39, 0.29) is 18.8 Å². The van der Waals surface area contributed by atoms with Gasteiger partial charge in [0.05, 0.1) is 6.10 Å². The molecule has 4 aliphatic rings. The lowest BCUT2D eigenvalue weighted by molar-refractivity contribution is -0.155. The molecule has 1 aromatic carbocycles. The summed E-state index contributed by atoms with van der Waals surface area (Å²) in [5.41, 5.74) is 1.34. The predicted molar refractivity (Wildman–Crippen MR) is 87.8 cm³/mol. The Labute approximate surface area is 138 Å². The van der Waals surface area contributed by atoms with Crippen molar-refractivity contribution in [1.29, 1.82) is 0 Å². The van der Waals surface area contributed by atoms with E-state index >= 15 is 0 Å². The molecule has 1 aromatic rings. The van der Waals surface area contributed by atoms with E-state index in [1.807, 2.05) is 13.8 Å². The Morgan fingerprint density at radius 1 is 1.17 bits per heavy atom. The maximum atomic E-state index is 9.85. The van der Waals surface area contributed by atoms with Gasteiger partial charge >= 0.3 is 0 Å². The maximum Gasteiger partial charge on any atom is 0.163 e. The fourth-order valence-corrected chi connectivity index (χ4v) is 4.79. The SMILES string of the molecule is CC1(C)O[C@H]2[C@H]3CCN(Cc4ccccc4)[C@H](C[C@@H]3CO)[C@H]2O1. The molecule has 0 unspecified atom stereocenters. The minimum atomic E-state index is -0.508. The van der Waals surface area contributed by atoms with Crippen molar-refractivity contribution in [3.05, 3.63) is 35.9 Å². The van der Waals surface area contributed by atoms with Gasteiger partial charge in [0.25, 0.3) is 0 Å². The molecule has 5 rings (SSSR count). The van der Waals surface area contributed by atoms with E-state index in [4.69, 9.17) is 9.47 Å². The molecule has 1 N–H and O–H groups in total. The Morgan fingerprint density at radius 3 is 2.65 bits per heavy atom. The number of rotatable bonds is 3. The maximum absolute atomic E-state index is 9.85. The highest BCUT2D eigenvalue weighted by molar-refractivity contribution is 5.15. The van der Waals surface area contributed by atoms with Crippen LogP contribution in [0.2, 0.25) is 0 Å². The largest absolute Gasteiger partial charge is 0.396 e. The first-order chi connectivity index (χ1) is 11.1. The van der Waals surface area contributed by atoms with Gasteiger partial charge in [-0.1, -0.05) is 30.3 Å². The van der Waals surface area contributed by atoms with Gasteiger partial charge in [-0.2, -0.15) is 0 Å². The summed E-state index contributed by atoms with van der Waals surface area (Å²) in [6, 6.07) is 11.0.